The molecule has 0 radical (unpaired) electrons. The third-order valence-corrected chi connectivity index (χ3v) is 4.21. The van der Waals surface area contributed by atoms with Crippen LogP contribution in [0.2, 0.25) is 0 Å². The molecule has 0 aliphatic rings. The van der Waals surface area contributed by atoms with Gasteiger partial charge in [-0.25, -0.2) is 8.78 Å². The normalized spacial score (nSPS) is 11.4. The summed E-state index contributed by atoms with van der Waals surface area (Å²) in [6.45, 7) is 2.23. The van der Waals surface area contributed by atoms with Crippen molar-refractivity contribution in [1.29, 1.82) is 0 Å². The van der Waals surface area contributed by atoms with E-state index in [1.54, 1.807) is 55.6 Å². The number of hydrogen-bond acceptors (Lipinski definition) is 6. The van der Waals surface area contributed by atoms with Crippen molar-refractivity contribution in [3.8, 4) is 11.5 Å². The lowest BCUT2D eigenvalue weighted by Gasteiger charge is -2.08. The Morgan fingerprint density at radius 3 is 1.61 bits per heavy atom. The first-order valence-electron chi connectivity index (χ1n) is 9.78. The molecule has 3 aromatic carbocycles. The van der Waals surface area contributed by atoms with Gasteiger partial charge in [-0.15, -0.1) is 0 Å². The van der Waals surface area contributed by atoms with Crippen molar-refractivity contribution in [1.82, 2.24) is 0 Å². The molecular weight excluding hydrogens is 402 g/mol. The summed E-state index contributed by atoms with van der Waals surface area (Å²) in [5.41, 5.74) is 1.88. The van der Waals surface area contributed by atoms with Crippen molar-refractivity contribution in [2.75, 3.05) is 13.7 Å². The van der Waals surface area contributed by atoms with Crippen LogP contribution in [-0.4, -0.2) is 13.7 Å². The average molecular weight is 424 g/mol. The van der Waals surface area contributed by atoms with Crippen molar-refractivity contribution in [2.24, 2.45) is 20.5 Å². The fourth-order valence-electron chi connectivity index (χ4n) is 2.53. The number of ether oxygens (including phenoxy) is 2. The first kappa shape index (κ1) is 22.0. The third kappa shape index (κ3) is 6.40. The van der Waals surface area contributed by atoms with E-state index < -0.39 is 11.6 Å². The van der Waals surface area contributed by atoms with Gasteiger partial charge in [0.25, 0.3) is 0 Å². The van der Waals surface area contributed by atoms with E-state index in [1.165, 1.54) is 0 Å². The molecule has 31 heavy (non-hydrogen) atoms. The van der Waals surface area contributed by atoms with Crippen LogP contribution in [0.25, 0.3) is 0 Å². The highest BCUT2D eigenvalue weighted by Gasteiger charge is 2.12. The van der Waals surface area contributed by atoms with Crippen LogP contribution in [0.1, 0.15) is 19.8 Å². The van der Waals surface area contributed by atoms with Crippen LogP contribution >= 0.6 is 0 Å². The van der Waals surface area contributed by atoms with Gasteiger partial charge in [0.05, 0.1) is 36.5 Å². The fraction of sp³-hybridized carbons (Fsp3) is 0.217. The summed E-state index contributed by atoms with van der Waals surface area (Å²) in [7, 11) is 1.60. The predicted molar refractivity (Wildman–Crippen MR) is 115 cm³/mol. The average Bonchev–Trinajstić information content (AvgIpc) is 2.79. The Labute approximate surface area is 179 Å². The molecule has 0 fully saturated rings. The highest BCUT2D eigenvalue weighted by Crippen LogP contribution is 2.29. The Bertz CT molecular complexity index is 1030. The van der Waals surface area contributed by atoms with Crippen LogP contribution in [0, 0.1) is 11.6 Å². The summed E-state index contributed by atoms with van der Waals surface area (Å²) in [6.07, 6.45) is 1.59. The van der Waals surface area contributed by atoms with Gasteiger partial charge >= 0.3 is 0 Å². The lowest BCUT2D eigenvalue weighted by atomic mass is 10.2. The van der Waals surface area contributed by atoms with E-state index in [9.17, 15) is 8.78 Å². The Kier molecular flexibility index (Phi) is 7.75. The minimum absolute atomic E-state index is 0.0566. The molecule has 0 saturated carbocycles. The second kappa shape index (κ2) is 10.9. The van der Waals surface area contributed by atoms with Gasteiger partial charge in [0.1, 0.15) is 5.75 Å². The summed E-state index contributed by atoms with van der Waals surface area (Å²) in [4.78, 5) is 0. The minimum atomic E-state index is -0.806. The Morgan fingerprint density at radius 1 is 0.710 bits per heavy atom. The minimum Gasteiger partial charge on any atom is -0.497 e. The van der Waals surface area contributed by atoms with E-state index in [2.05, 4.69) is 20.5 Å². The molecular formula is C23H22F2N4O2. The van der Waals surface area contributed by atoms with Crippen LogP contribution < -0.4 is 9.47 Å². The van der Waals surface area contributed by atoms with Gasteiger partial charge in [-0.05, 0) is 55.0 Å². The zero-order chi connectivity index (χ0) is 22.1. The molecule has 8 heteroatoms. The number of unbranched alkanes of at least 4 members (excludes halogenated alkanes) is 1. The summed E-state index contributed by atoms with van der Waals surface area (Å²) in [6, 6.07) is 16.2. The largest absolute Gasteiger partial charge is 0.497 e. The number of hydrogen-bond donors (Lipinski definition) is 0. The molecule has 0 heterocycles. The smallest absolute Gasteiger partial charge is 0.190 e. The monoisotopic (exact) mass is 424 g/mol. The van der Waals surface area contributed by atoms with Crippen LogP contribution in [0.3, 0.4) is 0 Å². The van der Waals surface area contributed by atoms with Crippen LogP contribution in [-0.2, 0) is 0 Å². The van der Waals surface area contributed by atoms with Gasteiger partial charge in [-0.3, -0.25) is 0 Å². The van der Waals surface area contributed by atoms with E-state index in [1.807, 2.05) is 6.92 Å². The highest BCUT2D eigenvalue weighted by atomic mass is 19.1. The molecule has 0 spiro atoms. The lowest BCUT2D eigenvalue weighted by molar-refractivity contribution is 0.279. The number of benzene rings is 3. The quantitative estimate of drug-likeness (QED) is 0.258. The molecule has 0 bridgehead atoms. The molecule has 0 saturated heterocycles. The van der Waals surface area contributed by atoms with Crippen molar-refractivity contribution in [3.05, 3.63) is 72.3 Å². The van der Waals surface area contributed by atoms with Crippen LogP contribution in [0.15, 0.2) is 81.1 Å². The zero-order valence-electron chi connectivity index (χ0n) is 17.3. The maximum absolute atomic E-state index is 14.1. The summed E-state index contributed by atoms with van der Waals surface area (Å²) < 4.78 is 38.4. The van der Waals surface area contributed by atoms with Gasteiger partial charge in [0.2, 0.25) is 0 Å². The van der Waals surface area contributed by atoms with Crippen LogP contribution in [0.4, 0.5) is 31.5 Å². The van der Waals surface area contributed by atoms with Crippen LogP contribution in [0.5, 0.6) is 11.5 Å². The first-order valence-corrected chi connectivity index (χ1v) is 9.78. The van der Waals surface area contributed by atoms with Crippen molar-refractivity contribution >= 4 is 22.7 Å². The Balaban J connectivity index is 1.64. The molecule has 160 valence electrons. The molecule has 0 unspecified atom stereocenters. The van der Waals surface area contributed by atoms with Gasteiger partial charge in [-0.1, -0.05) is 13.3 Å². The topological polar surface area (TPSA) is 67.9 Å². The SMILES string of the molecule is CCCCOc1c(F)cc(N=Nc2ccc(N=Nc3ccc(OC)cc3)cc2)cc1F. The number of nitrogens with zero attached hydrogens (tertiary/aromatic N) is 4. The highest BCUT2D eigenvalue weighted by molar-refractivity contribution is 5.49. The van der Waals surface area contributed by atoms with Gasteiger partial charge < -0.3 is 9.47 Å². The fourth-order valence-corrected chi connectivity index (χ4v) is 2.53. The second-order valence-corrected chi connectivity index (χ2v) is 6.55. The van der Waals surface area contributed by atoms with E-state index in [0.717, 1.165) is 30.7 Å². The number of halogens is 2. The van der Waals surface area contributed by atoms with E-state index in [4.69, 9.17) is 9.47 Å². The molecule has 0 aliphatic heterocycles. The maximum Gasteiger partial charge on any atom is 0.190 e. The molecule has 0 atom stereocenters. The van der Waals surface area contributed by atoms with Crippen molar-refractivity contribution < 1.29 is 18.3 Å². The molecule has 3 aromatic rings. The summed E-state index contributed by atoms with van der Waals surface area (Å²) in [5.74, 6) is -1.26. The van der Waals surface area contributed by atoms with E-state index in [-0.39, 0.29) is 18.0 Å². The van der Waals surface area contributed by atoms with E-state index in [0.29, 0.717) is 17.1 Å². The molecule has 3 rings (SSSR count). The molecule has 6 nitrogen and oxygen atoms in total. The zero-order valence-corrected chi connectivity index (χ0v) is 17.3. The third-order valence-electron chi connectivity index (χ3n) is 4.21. The van der Waals surface area contributed by atoms with E-state index >= 15 is 0 Å². The first-order chi connectivity index (χ1) is 15.1. The molecule has 0 N–H and O–H groups in total. The van der Waals surface area contributed by atoms with Gasteiger partial charge in [0, 0.05) is 12.1 Å². The number of methoxy groups -OCH3 is 1. The molecule has 0 aromatic heterocycles. The molecule has 0 aliphatic carbocycles. The Morgan fingerprint density at radius 2 is 1.16 bits per heavy atom. The van der Waals surface area contributed by atoms with Gasteiger partial charge in [-0.2, -0.15) is 20.5 Å². The number of rotatable bonds is 9. The maximum atomic E-state index is 14.1. The van der Waals surface area contributed by atoms with Crippen molar-refractivity contribution in [2.45, 2.75) is 19.8 Å². The summed E-state index contributed by atoms with van der Waals surface area (Å²) >= 11 is 0. The Hall–Kier alpha value is -3.68. The van der Waals surface area contributed by atoms with Crippen molar-refractivity contribution in [3.63, 3.8) is 0 Å². The summed E-state index contributed by atoms with van der Waals surface area (Å²) in [5, 5.41) is 16.2. The lowest BCUT2D eigenvalue weighted by Crippen LogP contribution is -2.00. The standard InChI is InChI=1S/C23H22F2N4O2/c1-3-4-13-31-23-21(24)14-19(15-22(23)25)29-28-17-7-5-16(6-8-17)26-27-18-9-11-20(30-2)12-10-18/h5-12,14-15H,3-4,13H2,1-2H3. The second-order valence-electron chi connectivity index (χ2n) is 6.55. The predicted octanol–water partition coefficient (Wildman–Crippen LogP) is 7.98. The molecule has 0 amide bonds. The number of azo groups is 2. The van der Waals surface area contributed by atoms with Gasteiger partial charge in [0.15, 0.2) is 17.4 Å².